The Balaban J connectivity index is 2.45. The number of amides is 2. The van der Waals surface area contributed by atoms with E-state index in [2.05, 4.69) is 22.5 Å². The van der Waals surface area contributed by atoms with Crippen LogP contribution in [0.3, 0.4) is 0 Å². The summed E-state index contributed by atoms with van der Waals surface area (Å²) in [6.45, 7) is 4.14. The minimum absolute atomic E-state index is 0.132. The fourth-order valence-electron chi connectivity index (χ4n) is 2.52. The molecule has 0 unspecified atom stereocenters. The molecular weight excluding hydrogens is 372 g/mol. The van der Waals surface area contributed by atoms with Crippen LogP contribution in [-0.2, 0) is 25.7 Å². The van der Waals surface area contributed by atoms with Crippen LogP contribution < -0.4 is 10.6 Å². The average molecular weight is 392 g/mol. The van der Waals surface area contributed by atoms with Crippen molar-refractivity contribution in [3.8, 4) is 11.8 Å². The maximum absolute atomic E-state index is 11.6. The van der Waals surface area contributed by atoms with Gasteiger partial charge in [-0.05, 0) is 29.8 Å². The Morgan fingerprint density at radius 3 is 2.34 bits per heavy atom. The number of hydrogen-bond acceptors (Lipinski definition) is 5. The molecule has 2 rings (SSSR count). The summed E-state index contributed by atoms with van der Waals surface area (Å²) in [5.41, 5.74) is 2.65. The fourth-order valence-corrected chi connectivity index (χ4v) is 2.52. The fraction of sp³-hybridized carbons (Fsp3) is 0.182. The first-order valence-corrected chi connectivity index (χ1v) is 8.71. The van der Waals surface area contributed by atoms with Gasteiger partial charge < -0.3 is 15.4 Å². The van der Waals surface area contributed by atoms with Crippen molar-refractivity contribution in [3.63, 3.8) is 0 Å². The van der Waals surface area contributed by atoms with E-state index < -0.39 is 0 Å². The Bertz CT molecular complexity index is 1030. The number of aldehydes is 1. The zero-order valence-electron chi connectivity index (χ0n) is 16.3. The van der Waals surface area contributed by atoms with Gasteiger partial charge >= 0.3 is 5.97 Å². The molecule has 0 atom stereocenters. The third kappa shape index (κ3) is 6.63. The van der Waals surface area contributed by atoms with Gasteiger partial charge in [0.2, 0.25) is 11.8 Å². The smallest absolute Gasteiger partial charge is 0.302 e. The van der Waals surface area contributed by atoms with Gasteiger partial charge in [0.05, 0.1) is 11.3 Å². The highest BCUT2D eigenvalue weighted by Crippen LogP contribution is 2.24. The summed E-state index contributed by atoms with van der Waals surface area (Å²) in [5, 5.41) is 5.22. The second-order valence-electron chi connectivity index (χ2n) is 6.20. The van der Waals surface area contributed by atoms with Crippen molar-refractivity contribution < 1.29 is 23.9 Å². The lowest BCUT2D eigenvalue weighted by Gasteiger charge is -2.11. The zero-order valence-corrected chi connectivity index (χ0v) is 16.3. The van der Waals surface area contributed by atoms with E-state index in [4.69, 9.17) is 4.74 Å². The van der Waals surface area contributed by atoms with Gasteiger partial charge in [-0.1, -0.05) is 24.0 Å². The number of nitrogens with one attached hydrogen (secondary N) is 2. The molecule has 0 heterocycles. The summed E-state index contributed by atoms with van der Waals surface area (Å²) >= 11 is 0. The van der Waals surface area contributed by atoms with E-state index in [-0.39, 0.29) is 30.0 Å². The van der Waals surface area contributed by atoms with E-state index in [0.717, 1.165) is 5.56 Å². The number of hydrogen-bond donors (Lipinski definition) is 2. The van der Waals surface area contributed by atoms with Gasteiger partial charge in [0.25, 0.3) is 0 Å². The van der Waals surface area contributed by atoms with Crippen molar-refractivity contribution in [1.29, 1.82) is 0 Å². The zero-order chi connectivity index (χ0) is 21.4. The Labute approximate surface area is 168 Å². The topological polar surface area (TPSA) is 102 Å². The number of anilines is 2. The number of carbonyl (C=O) groups is 4. The van der Waals surface area contributed by atoms with E-state index in [9.17, 15) is 19.2 Å². The predicted molar refractivity (Wildman–Crippen MR) is 108 cm³/mol. The Hall–Kier alpha value is -3.92. The monoisotopic (exact) mass is 392 g/mol. The van der Waals surface area contributed by atoms with Gasteiger partial charge in [0.15, 0.2) is 6.29 Å². The second-order valence-corrected chi connectivity index (χ2v) is 6.20. The first-order valence-electron chi connectivity index (χ1n) is 8.71. The molecule has 2 N–H and O–H groups in total. The minimum Gasteiger partial charge on any atom is -0.461 e. The summed E-state index contributed by atoms with van der Waals surface area (Å²) < 4.78 is 4.97. The Morgan fingerprint density at radius 1 is 1.00 bits per heavy atom. The van der Waals surface area contributed by atoms with E-state index in [1.807, 2.05) is 0 Å². The highest BCUT2D eigenvalue weighted by atomic mass is 16.5. The predicted octanol–water partition coefficient (Wildman–Crippen LogP) is 2.88. The van der Waals surface area contributed by atoms with Gasteiger partial charge in [-0.2, -0.15) is 0 Å². The molecule has 2 aromatic rings. The molecule has 0 radical (unpaired) electrons. The molecule has 7 heteroatoms. The maximum atomic E-state index is 11.6. The van der Waals surface area contributed by atoms with E-state index in [1.54, 1.807) is 24.3 Å². The van der Waals surface area contributed by atoms with E-state index >= 15 is 0 Å². The summed E-state index contributed by atoms with van der Waals surface area (Å²) in [4.78, 5) is 45.4. The minimum atomic E-state index is -0.378. The van der Waals surface area contributed by atoms with Crippen molar-refractivity contribution in [2.24, 2.45) is 0 Å². The summed E-state index contributed by atoms with van der Waals surface area (Å²) in [7, 11) is 0. The number of benzene rings is 2. The number of esters is 1. The van der Waals surface area contributed by atoms with Crippen LogP contribution in [0.15, 0.2) is 36.4 Å². The molecule has 0 aliphatic heterocycles. The van der Waals surface area contributed by atoms with Crippen LogP contribution in [0.5, 0.6) is 0 Å². The third-order valence-electron chi connectivity index (χ3n) is 3.63. The number of rotatable bonds is 5. The normalized spacial score (nSPS) is 9.62. The molecular formula is C22H20N2O5. The van der Waals surface area contributed by atoms with Gasteiger partial charge in [-0.15, -0.1) is 0 Å². The standard InChI is InChI=1S/C22H20N2O5/c1-14(26)23-20-10-19(12-25)21(22(11-20)24-15(2)27)8-7-17-5-4-6-18(9-17)13-29-16(3)28/h4-6,9-12H,13H2,1-3H3,(H,23,26)(H,24,27). The molecule has 0 aliphatic carbocycles. The van der Waals surface area contributed by atoms with Crippen LogP contribution in [0.4, 0.5) is 11.4 Å². The highest BCUT2D eigenvalue weighted by Gasteiger charge is 2.11. The van der Waals surface area contributed by atoms with Gasteiger partial charge in [-0.3, -0.25) is 19.2 Å². The highest BCUT2D eigenvalue weighted by molar-refractivity contribution is 5.97. The largest absolute Gasteiger partial charge is 0.461 e. The van der Waals surface area contributed by atoms with Crippen LogP contribution in [0, 0.1) is 11.8 Å². The summed E-state index contributed by atoms with van der Waals surface area (Å²) in [6.07, 6.45) is 0.609. The molecule has 7 nitrogen and oxygen atoms in total. The number of carbonyl (C=O) groups excluding carboxylic acids is 4. The molecule has 0 bridgehead atoms. The molecule has 0 aliphatic rings. The molecule has 148 valence electrons. The van der Waals surface area contributed by atoms with Crippen molar-refractivity contribution in [2.75, 3.05) is 10.6 Å². The SMILES string of the molecule is CC(=O)Nc1cc(C=O)c(C#Cc2cccc(COC(C)=O)c2)c(NC(C)=O)c1. The molecule has 2 amide bonds. The molecule has 0 aromatic heterocycles. The maximum Gasteiger partial charge on any atom is 0.302 e. The van der Waals surface area contributed by atoms with Crippen LogP contribution in [0.1, 0.15) is 47.8 Å². The molecule has 0 saturated carbocycles. The number of ether oxygens (including phenoxy) is 1. The molecule has 0 fully saturated rings. The van der Waals surface area contributed by atoms with Gasteiger partial charge in [0, 0.05) is 37.6 Å². The lowest BCUT2D eigenvalue weighted by molar-refractivity contribution is -0.142. The van der Waals surface area contributed by atoms with E-state index in [0.29, 0.717) is 28.8 Å². The third-order valence-corrected chi connectivity index (χ3v) is 3.63. The van der Waals surface area contributed by atoms with Crippen molar-refractivity contribution >= 4 is 35.4 Å². The van der Waals surface area contributed by atoms with Crippen LogP contribution in [0.25, 0.3) is 0 Å². The summed E-state index contributed by atoms with van der Waals surface area (Å²) in [5.74, 6) is 4.84. The molecule has 2 aromatic carbocycles. The van der Waals surface area contributed by atoms with Crippen LogP contribution in [-0.4, -0.2) is 24.1 Å². The van der Waals surface area contributed by atoms with Crippen molar-refractivity contribution in [1.82, 2.24) is 0 Å². The summed E-state index contributed by atoms with van der Waals surface area (Å²) in [6, 6.07) is 10.1. The molecule has 0 saturated heterocycles. The Kier molecular flexibility index (Phi) is 7.26. The van der Waals surface area contributed by atoms with Gasteiger partial charge in [0.1, 0.15) is 6.61 Å². The molecule has 29 heavy (non-hydrogen) atoms. The van der Waals surface area contributed by atoms with Crippen LogP contribution in [0.2, 0.25) is 0 Å². The van der Waals surface area contributed by atoms with Crippen molar-refractivity contribution in [3.05, 3.63) is 58.7 Å². The lowest BCUT2D eigenvalue weighted by Crippen LogP contribution is -2.11. The lowest BCUT2D eigenvalue weighted by atomic mass is 10.0. The van der Waals surface area contributed by atoms with Gasteiger partial charge in [-0.25, -0.2) is 0 Å². The average Bonchev–Trinajstić information content (AvgIpc) is 2.64. The van der Waals surface area contributed by atoms with Crippen LogP contribution >= 0.6 is 0 Å². The van der Waals surface area contributed by atoms with E-state index in [1.165, 1.54) is 32.9 Å². The quantitative estimate of drug-likeness (QED) is 0.463. The second kappa shape index (κ2) is 9.85. The van der Waals surface area contributed by atoms with Crippen molar-refractivity contribution in [2.45, 2.75) is 27.4 Å². The first-order chi connectivity index (χ1) is 13.8. The molecule has 0 spiro atoms. The Morgan fingerprint density at radius 2 is 1.72 bits per heavy atom. The first kappa shape index (κ1) is 21.4.